The normalized spacial score (nSPS) is 10.7. The highest BCUT2D eigenvalue weighted by atomic mass is 32.2. The van der Waals surface area contributed by atoms with E-state index in [2.05, 4.69) is 27.4 Å². The number of amides is 1. The van der Waals surface area contributed by atoms with Crippen LogP contribution in [0.2, 0.25) is 0 Å². The Morgan fingerprint density at radius 3 is 2.74 bits per heavy atom. The maximum Gasteiger partial charge on any atom is 0.225 e. The number of carbonyl (C=O) groups excluding carboxylic acids is 1. The molecule has 0 aliphatic heterocycles. The minimum Gasteiger partial charge on any atom is -0.326 e. The van der Waals surface area contributed by atoms with Gasteiger partial charge in [-0.1, -0.05) is 13.3 Å². The molecular formula is C16H23N5OS. The van der Waals surface area contributed by atoms with E-state index in [-0.39, 0.29) is 5.91 Å². The fourth-order valence-corrected chi connectivity index (χ4v) is 2.98. The number of anilines is 1. The summed E-state index contributed by atoms with van der Waals surface area (Å²) in [6.45, 7) is 2.50. The summed E-state index contributed by atoms with van der Waals surface area (Å²) in [6.07, 6.45) is 2.95. The van der Waals surface area contributed by atoms with Gasteiger partial charge in [0.2, 0.25) is 5.91 Å². The van der Waals surface area contributed by atoms with Gasteiger partial charge in [0.15, 0.2) is 5.82 Å². The van der Waals surface area contributed by atoms with Crippen LogP contribution in [0.3, 0.4) is 0 Å². The van der Waals surface area contributed by atoms with Crippen molar-refractivity contribution in [2.75, 3.05) is 16.8 Å². The number of aromatic nitrogens is 3. The fourth-order valence-electron chi connectivity index (χ4n) is 1.96. The quantitative estimate of drug-likeness (QED) is 0.613. The first-order valence-corrected chi connectivity index (χ1v) is 8.97. The van der Waals surface area contributed by atoms with Crippen molar-refractivity contribution in [3.8, 4) is 11.4 Å². The highest BCUT2D eigenvalue weighted by Gasteiger charge is 2.06. The van der Waals surface area contributed by atoms with Crippen LogP contribution in [0, 0.1) is 0 Å². The van der Waals surface area contributed by atoms with E-state index in [4.69, 9.17) is 5.73 Å². The van der Waals surface area contributed by atoms with Gasteiger partial charge in [0.05, 0.1) is 6.54 Å². The van der Waals surface area contributed by atoms with Gasteiger partial charge in [-0.25, -0.2) is 4.98 Å². The van der Waals surface area contributed by atoms with Gasteiger partial charge in [0.25, 0.3) is 0 Å². The molecule has 23 heavy (non-hydrogen) atoms. The lowest BCUT2D eigenvalue weighted by Crippen LogP contribution is -2.12. The molecule has 1 aromatic heterocycles. The third-order valence-electron chi connectivity index (χ3n) is 3.27. The molecule has 0 saturated heterocycles. The molecule has 0 aliphatic rings. The third kappa shape index (κ3) is 5.69. The van der Waals surface area contributed by atoms with Crippen LogP contribution < -0.4 is 11.1 Å². The zero-order chi connectivity index (χ0) is 16.5. The Hall–Kier alpha value is -1.86. The first-order valence-electron chi connectivity index (χ1n) is 7.82. The molecule has 0 radical (unpaired) electrons. The molecule has 6 nitrogen and oxygen atoms in total. The monoisotopic (exact) mass is 333 g/mol. The fraction of sp³-hybridized carbons (Fsp3) is 0.438. The van der Waals surface area contributed by atoms with E-state index in [9.17, 15) is 4.79 Å². The summed E-state index contributed by atoms with van der Waals surface area (Å²) in [4.78, 5) is 16.1. The maximum atomic E-state index is 11.9. The van der Waals surface area contributed by atoms with Gasteiger partial charge >= 0.3 is 0 Å². The minimum atomic E-state index is 0.0464. The van der Waals surface area contributed by atoms with Crippen molar-refractivity contribution < 1.29 is 4.79 Å². The van der Waals surface area contributed by atoms with E-state index in [1.165, 1.54) is 12.8 Å². The molecule has 7 heteroatoms. The van der Waals surface area contributed by atoms with Crippen molar-refractivity contribution in [3.63, 3.8) is 0 Å². The molecular weight excluding hydrogens is 310 g/mol. The SMILES string of the molecule is CCCCSCCC(=O)Nc1ccc(-c2n[nH]c(CN)n2)cc1. The molecule has 0 saturated carbocycles. The summed E-state index contributed by atoms with van der Waals surface area (Å²) in [7, 11) is 0. The van der Waals surface area contributed by atoms with E-state index in [1.807, 2.05) is 36.0 Å². The average molecular weight is 333 g/mol. The molecule has 124 valence electrons. The summed E-state index contributed by atoms with van der Waals surface area (Å²) in [5.74, 6) is 3.29. The number of carbonyl (C=O) groups is 1. The van der Waals surface area contributed by atoms with Crippen LogP contribution in [0.4, 0.5) is 5.69 Å². The Balaban J connectivity index is 1.81. The Labute approximate surface area is 140 Å². The number of hydrogen-bond acceptors (Lipinski definition) is 5. The Morgan fingerprint density at radius 2 is 2.09 bits per heavy atom. The summed E-state index contributed by atoms with van der Waals surface area (Å²) >= 11 is 1.83. The molecule has 1 heterocycles. The van der Waals surface area contributed by atoms with Crippen molar-refractivity contribution >= 4 is 23.4 Å². The lowest BCUT2D eigenvalue weighted by atomic mass is 10.2. The smallest absolute Gasteiger partial charge is 0.225 e. The molecule has 0 fully saturated rings. The van der Waals surface area contributed by atoms with Crippen molar-refractivity contribution in [1.29, 1.82) is 0 Å². The summed E-state index contributed by atoms with van der Waals surface area (Å²) in [5.41, 5.74) is 7.17. The van der Waals surface area contributed by atoms with Gasteiger partial charge in [0.1, 0.15) is 5.82 Å². The maximum absolute atomic E-state index is 11.9. The molecule has 2 aromatic rings. The van der Waals surface area contributed by atoms with Gasteiger partial charge < -0.3 is 11.1 Å². The van der Waals surface area contributed by atoms with Crippen LogP contribution >= 0.6 is 11.8 Å². The van der Waals surface area contributed by atoms with Crippen LogP contribution in [0.25, 0.3) is 11.4 Å². The molecule has 0 spiro atoms. The number of nitrogens with one attached hydrogen (secondary N) is 2. The zero-order valence-corrected chi connectivity index (χ0v) is 14.2. The van der Waals surface area contributed by atoms with E-state index in [0.29, 0.717) is 24.6 Å². The van der Waals surface area contributed by atoms with Gasteiger partial charge in [0, 0.05) is 23.4 Å². The first kappa shape index (κ1) is 17.5. The Kier molecular flexibility index (Phi) is 7.09. The van der Waals surface area contributed by atoms with E-state index in [0.717, 1.165) is 22.8 Å². The van der Waals surface area contributed by atoms with Crippen molar-refractivity contribution in [2.45, 2.75) is 32.7 Å². The van der Waals surface area contributed by atoms with E-state index >= 15 is 0 Å². The summed E-state index contributed by atoms with van der Waals surface area (Å²) in [5, 5.41) is 9.79. The van der Waals surface area contributed by atoms with Crippen molar-refractivity contribution in [2.24, 2.45) is 5.73 Å². The summed E-state index contributed by atoms with van der Waals surface area (Å²) in [6, 6.07) is 7.48. The Morgan fingerprint density at radius 1 is 1.30 bits per heavy atom. The molecule has 0 unspecified atom stereocenters. The van der Waals surface area contributed by atoms with E-state index in [1.54, 1.807) is 0 Å². The number of aromatic amines is 1. The number of nitrogens with two attached hydrogens (primary N) is 1. The molecule has 1 amide bonds. The Bertz CT molecular complexity index is 611. The lowest BCUT2D eigenvalue weighted by Gasteiger charge is -2.05. The van der Waals surface area contributed by atoms with Gasteiger partial charge in [-0.2, -0.15) is 16.9 Å². The number of H-pyrrole nitrogens is 1. The van der Waals surface area contributed by atoms with E-state index < -0.39 is 0 Å². The molecule has 0 atom stereocenters. The average Bonchev–Trinajstić information content (AvgIpc) is 3.04. The molecule has 1 aromatic carbocycles. The highest BCUT2D eigenvalue weighted by Crippen LogP contribution is 2.18. The number of unbranched alkanes of at least 4 members (excludes halogenated alkanes) is 1. The van der Waals surface area contributed by atoms with Crippen LogP contribution in [0.5, 0.6) is 0 Å². The van der Waals surface area contributed by atoms with Gasteiger partial charge in [-0.05, 0) is 36.4 Å². The zero-order valence-electron chi connectivity index (χ0n) is 13.3. The molecule has 4 N–H and O–H groups in total. The topological polar surface area (TPSA) is 96.7 Å². The molecule has 2 rings (SSSR count). The largest absolute Gasteiger partial charge is 0.326 e. The first-order chi connectivity index (χ1) is 11.2. The number of nitrogens with zero attached hydrogens (tertiary/aromatic N) is 2. The standard InChI is InChI=1S/C16H23N5OS/c1-2-3-9-23-10-8-15(22)18-13-6-4-12(5-7-13)16-19-14(11-17)20-21-16/h4-7H,2-3,8-11,17H2,1H3,(H,18,22)(H,19,20,21). The second-order valence-electron chi connectivity index (χ2n) is 5.15. The second kappa shape index (κ2) is 9.32. The third-order valence-corrected chi connectivity index (χ3v) is 4.34. The number of thioether (sulfide) groups is 1. The predicted octanol–water partition coefficient (Wildman–Crippen LogP) is 2.79. The second-order valence-corrected chi connectivity index (χ2v) is 6.38. The van der Waals surface area contributed by atoms with Crippen LogP contribution in [0.1, 0.15) is 32.0 Å². The predicted molar refractivity (Wildman–Crippen MR) is 95.2 cm³/mol. The van der Waals surface area contributed by atoms with Crippen molar-refractivity contribution in [3.05, 3.63) is 30.1 Å². The highest BCUT2D eigenvalue weighted by molar-refractivity contribution is 7.99. The number of rotatable bonds is 9. The van der Waals surface area contributed by atoms with Crippen molar-refractivity contribution in [1.82, 2.24) is 15.2 Å². The number of hydrogen-bond donors (Lipinski definition) is 3. The van der Waals surface area contributed by atoms with Gasteiger partial charge in [-0.3, -0.25) is 9.89 Å². The molecule has 0 bridgehead atoms. The lowest BCUT2D eigenvalue weighted by molar-refractivity contribution is -0.115. The van der Waals surface area contributed by atoms with Crippen LogP contribution in [0.15, 0.2) is 24.3 Å². The van der Waals surface area contributed by atoms with Gasteiger partial charge in [-0.15, -0.1) is 0 Å². The minimum absolute atomic E-state index is 0.0464. The van der Waals surface area contributed by atoms with Crippen LogP contribution in [-0.4, -0.2) is 32.6 Å². The summed E-state index contributed by atoms with van der Waals surface area (Å²) < 4.78 is 0. The van der Waals surface area contributed by atoms with Crippen LogP contribution in [-0.2, 0) is 11.3 Å². The number of benzene rings is 1. The molecule has 0 aliphatic carbocycles.